The molecule has 0 saturated carbocycles. The fourth-order valence-electron chi connectivity index (χ4n) is 4.13. The van der Waals surface area contributed by atoms with Crippen molar-refractivity contribution in [3.05, 3.63) is 64.2 Å². The smallest absolute Gasteiger partial charge is 0.321 e. The predicted octanol–water partition coefficient (Wildman–Crippen LogP) is 3.82. The molecule has 2 aromatic carbocycles. The summed E-state index contributed by atoms with van der Waals surface area (Å²) in [7, 11) is 1.59. The van der Waals surface area contributed by atoms with Gasteiger partial charge in [0.25, 0.3) is 11.6 Å². The molecular weight excluding hydrogens is 432 g/mol. The van der Waals surface area contributed by atoms with Gasteiger partial charge in [0, 0.05) is 48.8 Å². The van der Waals surface area contributed by atoms with Crippen molar-refractivity contribution >= 4 is 35.1 Å². The summed E-state index contributed by atoms with van der Waals surface area (Å²) in [5, 5.41) is 13.8. The summed E-state index contributed by atoms with van der Waals surface area (Å²) in [4.78, 5) is 39.5. The van der Waals surface area contributed by atoms with Crippen LogP contribution in [0.5, 0.6) is 5.75 Å². The zero-order valence-electron chi connectivity index (χ0n) is 17.7. The van der Waals surface area contributed by atoms with E-state index in [2.05, 4.69) is 5.32 Å². The highest BCUT2D eigenvalue weighted by Gasteiger charge is 2.47. The Morgan fingerprint density at radius 2 is 1.72 bits per heavy atom. The van der Waals surface area contributed by atoms with Crippen LogP contribution >= 0.6 is 11.8 Å². The molecule has 0 bridgehead atoms. The number of nitro groups is 1. The van der Waals surface area contributed by atoms with Gasteiger partial charge in [-0.25, -0.2) is 4.79 Å². The van der Waals surface area contributed by atoms with E-state index in [0.717, 1.165) is 11.5 Å². The van der Waals surface area contributed by atoms with Crippen LogP contribution < -0.4 is 10.1 Å². The number of hydrogen-bond acceptors (Lipinski definition) is 6. The lowest BCUT2D eigenvalue weighted by atomic mass is 10.0. The third-order valence-corrected chi connectivity index (χ3v) is 7.47. The van der Waals surface area contributed by atoms with Crippen molar-refractivity contribution in [3.63, 3.8) is 0 Å². The highest BCUT2D eigenvalue weighted by Crippen LogP contribution is 2.44. The SMILES string of the molecule is COc1ccc(NC(=O)N2CCC3(CC2)SCCN3C(=O)c2ccc([N+](=O)[O-])cc2)cc1. The molecule has 168 valence electrons. The largest absolute Gasteiger partial charge is 0.497 e. The Kier molecular flexibility index (Phi) is 6.22. The van der Waals surface area contributed by atoms with Crippen LogP contribution in [0.3, 0.4) is 0 Å². The Hall–Kier alpha value is -3.27. The lowest BCUT2D eigenvalue weighted by molar-refractivity contribution is -0.384. The molecule has 1 spiro atoms. The first kappa shape index (κ1) is 21.9. The van der Waals surface area contributed by atoms with Gasteiger partial charge in [0.05, 0.1) is 16.9 Å². The molecule has 0 unspecified atom stereocenters. The van der Waals surface area contributed by atoms with Crippen molar-refractivity contribution in [3.8, 4) is 5.75 Å². The van der Waals surface area contributed by atoms with Crippen LogP contribution in [0.25, 0.3) is 0 Å². The van der Waals surface area contributed by atoms with Crippen LogP contribution in [-0.4, -0.2) is 64.0 Å². The van der Waals surface area contributed by atoms with Crippen LogP contribution in [0.2, 0.25) is 0 Å². The first-order valence-corrected chi connectivity index (χ1v) is 11.3. The Morgan fingerprint density at radius 1 is 1.06 bits per heavy atom. The minimum atomic E-state index is -0.478. The number of nitrogens with zero attached hydrogens (tertiary/aromatic N) is 3. The number of anilines is 1. The summed E-state index contributed by atoms with van der Waals surface area (Å²) in [6.07, 6.45) is 1.35. The third-order valence-electron chi connectivity index (χ3n) is 5.92. The molecule has 2 fully saturated rings. The molecule has 0 aromatic heterocycles. The van der Waals surface area contributed by atoms with Gasteiger partial charge >= 0.3 is 6.03 Å². The van der Waals surface area contributed by atoms with E-state index < -0.39 is 4.92 Å². The fraction of sp³-hybridized carbons (Fsp3) is 0.364. The molecule has 2 saturated heterocycles. The zero-order valence-corrected chi connectivity index (χ0v) is 18.5. The Labute approximate surface area is 189 Å². The second-order valence-corrected chi connectivity index (χ2v) is 9.16. The number of likely N-dealkylation sites (tertiary alicyclic amines) is 1. The van der Waals surface area contributed by atoms with Crippen molar-refractivity contribution in [2.45, 2.75) is 17.7 Å². The number of non-ortho nitro benzene ring substituents is 1. The van der Waals surface area contributed by atoms with Gasteiger partial charge in [-0.05, 0) is 49.2 Å². The molecule has 0 atom stereocenters. The highest BCUT2D eigenvalue weighted by atomic mass is 32.2. The molecule has 2 aromatic rings. The summed E-state index contributed by atoms with van der Waals surface area (Å²) in [6, 6.07) is 12.7. The van der Waals surface area contributed by atoms with E-state index in [1.54, 1.807) is 48.0 Å². The number of urea groups is 1. The van der Waals surface area contributed by atoms with E-state index >= 15 is 0 Å². The van der Waals surface area contributed by atoms with E-state index in [0.29, 0.717) is 43.7 Å². The van der Waals surface area contributed by atoms with Gasteiger partial charge in [-0.3, -0.25) is 14.9 Å². The van der Waals surface area contributed by atoms with Gasteiger partial charge in [-0.1, -0.05) is 0 Å². The van der Waals surface area contributed by atoms with Crippen LogP contribution in [0.1, 0.15) is 23.2 Å². The number of benzene rings is 2. The van der Waals surface area contributed by atoms with Gasteiger partial charge in [0.15, 0.2) is 0 Å². The second-order valence-electron chi connectivity index (χ2n) is 7.70. The molecule has 9 nitrogen and oxygen atoms in total. The second kappa shape index (κ2) is 9.07. The van der Waals surface area contributed by atoms with Crippen molar-refractivity contribution in [1.82, 2.24) is 9.80 Å². The van der Waals surface area contributed by atoms with Crippen molar-refractivity contribution in [2.24, 2.45) is 0 Å². The molecule has 1 N–H and O–H groups in total. The van der Waals surface area contributed by atoms with Crippen LogP contribution in [0, 0.1) is 10.1 Å². The number of nitro benzene ring substituents is 1. The lowest BCUT2D eigenvalue weighted by Crippen LogP contribution is -2.54. The Balaban J connectivity index is 1.39. The maximum atomic E-state index is 13.2. The first-order valence-electron chi connectivity index (χ1n) is 10.3. The van der Waals surface area contributed by atoms with Crippen LogP contribution in [0.15, 0.2) is 48.5 Å². The van der Waals surface area contributed by atoms with Gasteiger partial charge in [-0.15, -0.1) is 11.8 Å². The van der Waals surface area contributed by atoms with Gasteiger partial charge in [0.2, 0.25) is 0 Å². The van der Waals surface area contributed by atoms with Gasteiger partial charge in [-0.2, -0.15) is 0 Å². The number of rotatable bonds is 4. The van der Waals surface area contributed by atoms with E-state index in [-0.39, 0.29) is 22.5 Å². The maximum absolute atomic E-state index is 13.2. The molecular formula is C22H24N4O5S. The summed E-state index contributed by atoms with van der Waals surface area (Å²) in [5.74, 6) is 1.43. The number of ether oxygens (including phenoxy) is 1. The van der Waals surface area contributed by atoms with E-state index in [1.165, 1.54) is 24.3 Å². The molecule has 2 aliphatic rings. The van der Waals surface area contributed by atoms with E-state index in [1.807, 2.05) is 4.90 Å². The average Bonchev–Trinajstić information content (AvgIpc) is 3.22. The number of methoxy groups -OCH3 is 1. The van der Waals surface area contributed by atoms with Crippen molar-refractivity contribution in [2.75, 3.05) is 37.8 Å². The molecule has 2 aliphatic heterocycles. The summed E-state index contributed by atoms with van der Waals surface area (Å²) >= 11 is 1.75. The predicted molar refractivity (Wildman–Crippen MR) is 122 cm³/mol. The fourth-order valence-corrected chi connectivity index (χ4v) is 5.58. The monoisotopic (exact) mass is 456 g/mol. The first-order chi connectivity index (χ1) is 15.4. The summed E-state index contributed by atoms with van der Waals surface area (Å²) in [5.41, 5.74) is 1.10. The Morgan fingerprint density at radius 3 is 2.31 bits per heavy atom. The van der Waals surface area contributed by atoms with E-state index in [9.17, 15) is 19.7 Å². The highest BCUT2D eigenvalue weighted by molar-refractivity contribution is 8.00. The number of nitrogens with one attached hydrogen (secondary N) is 1. The van der Waals surface area contributed by atoms with Gasteiger partial charge in [0.1, 0.15) is 5.75 Å². The number of amides is 3. The normalized spacial score (nSPS) is 17.3. The quantitative estimate of drug-likeness (QED) is 0.554. The summed E-state index contributed by atoms with van der Waals surface area (Å²) in [6.45, 7) is 1.70. The standard InChI is InChI=1S/C22H24N4O5S/c1-31-19-8-4-17(5-9-19)23-21(28)24-12-10-22(11-13-24)25(14-15-32-22)20(27)16-2-6-18(7-3-16)26(29)30/h2-9H,10-15H2,1H3,(H,23,28). The number of carbonyl (C=O) groups is 2. The van der Waals surface area contributed by atoms with Crippen LogP contribution in [-0.2, 0) is 0 Å². The molecule has 0 radical (unpaired) electrons. The molecule has 0 aliphatic carbocycles. The molecule has 4 rings (SSSR count). The number of piperidine rings is 1. The number of hydrogen-bond donors (Lipinski definition) is 1. The van der Waals surface area contributed by atoms with E-state index in [4.69, 9.17) is 4.74 Å². The lowest BCUT2D eigenvalue weighted by Gasteiger charge is -2.44. The van der Waals surface area contributed by atoms with Gasteiger partial charge < -0.3 is 19.9 Å². The Bertz CT molecular complexity index is 1000. The number of carbonyl (C=O) groups excluding carboxylic acids is 2. The molecule has 32 heavy (non-hydrogen) atoms. The number of thioether (sulfide) groups is 1. The molecule has 2 heterocycles. The van der Waals surface area contributed by atoms with Crippen molar-refractivity contribution in [1.29, 1.82) is 0 Å². The average molecular weight is 457 g/mol. The minimum Gasteiger partial charge on any atom is -0.497 e. The maximum Gasteiger partial charge on any atom is 0.321 e. The third kappa shape index (κ3) is 4.36. The molecule has 10 heteroatoms. The summed E-state index contributed by atoms with van der Waals surface area (Å²) < 4.78 is 5.13. The molecule has 3 amide bonds. The topological polar surface area (TPSA) is 105 Å². The van der Waals surface area contributed by atoms with Crippen molar-refractivity contribution < 1.29 is 19.2 Å². The van der Waals surface area contributed by atoms with Crippen LogP contribution in [0.4, 0.5) is 16.2 Å². The zero-order chi connectivity index (χ0) is 22.7. The minimum absolute atomic E-state index is 0.0387.